The van der Waals surface area contributed by atoms with Crippen molar-refractivity contribution < 1.29 is 14.3 Å². The number of benzene rings is 1. The van der Waals surface area contributed by atoms with Crippen molar-refractivity contribution in [2.75, 3.05) is 7.11 Å². The molecule has 0 aliphatic heterocycles. The summed E-state index contributed by atoms with van der Waals surface area (Å²) in [6, 6.07) is 8.67. The van der Waals surface area contributed by atoms with Crippen molar-refractivity contribution >= 4 is 27.5 Å². The fourth-order valence-corrected chi connectivity index (χ4v) is 2.49. The van der Waals surface area contributed by atoms with E-state index < -0.39 is 5.97 Å². The molecule has 100 valence electrons. The summed E-state index contributed by atoms with van der Waals surface area (Å²) >= 11 is 1.52. The lowest BCUT2D eigenvalue weighted by Crippen LogP contribution is -2.01. The molecule has 2 heterocycles. The second-order valence-electron chi connectivity index (χ2n) is 3.94. The molecule has 6 heteroatoms. The fraction of sp³-hybridized carbons (Fsp3) is 0.0714. The molecule has 3 rings (SSSR count). The normalized spacial score (nSPS) is 10.4. The smallest absolute Gasteiger partial charge is 0.337 e. The largest absolute Gasteiger partial charge is 0.465 e. The minimum atomic E-state index is -0.404. The molecule has 0 aliphatic carbocycles. The first-order valence-corrected chi connectivity index (χ1v) is 6.70. The third kappa shape index (κ3) is 2.33. The number of thiophene rings is 1. The van der Waals surface area contributed by atoms with E-state index in [9.17, 15) is 4.79 Å². The number of aromatic nitrogens is 2. The van der Waals surface area contributed by atoms with Crippen LogP contribution in [0.2, 0.25) is 0 Å². The third-order valence-electron chi connectivity index (χ3n) is 2.69. The predicted octanol–water partition coefficient (Wildman–Crippen LogP) is 3.27. The minimum absolute atomic E-state index is 0.404. The van der Waals surface area contributed by atoms with Crippen molar-refractivity contribution in [1.29, 1.82) is 0 Å². The summed E-state index contributed by atoms with van der Waals surface area (Å²) in [4.78, 5) is 20.6. The van der Waals surface area contributed by atoms with Crippen LogP contribution in [0, 0.1) is 0 Å². The Hall–Kier alpha value is -2.47. The molecule has 0 amide bonds. The van der Waals surface area contributed by atoms with Gasteiger partial charge < -0.3 is 9.47 Å². The zero-order valence-electron chi connectivity index (χ0n) is 10.6. The first kappa shape index (κ1) is 12.6. The van der Waals surface area contributed by atoms with Gasteiger partial charge in [0.05, 0.1) is 18.1 Å². The molecule has 0 saturated carbocycles. The van der Waals surface area contributed by atoms with Gasteiger partial charge in [-0.05, 0) is 29.6 Å². The van der Waals surface area contributed by atoms with E-state index >= 15 is 0 Å². The molecule has 0 unspecified atom stereocenters. The topological polar surface area (TPSA) is 61.3 Å². The molecule has 0 fully saturated rings. The van der Waals surface area contributed by atoms with Crippen LogP contribution in [-0.4, -0.2) is 23.0 Å². The monoisotopic (exact) mass is 286 g/mol. The number of carbonyl (C=O) groups is 1. The van der Waals surface area contributed by atoms with Gasteiger partial charge in [-0.25, -0.2) is 14.8 Å². The van der Waals surface area contributed by atoms with E-state index in [1.165, 1.54) is 24.8 Å². The van der Waals surface area contributed by atoms with Crippen LogP contribution in [0.15, 0.2) is 42.0 Å². The van der Waals surface area contributed by atoms with Crippen molar-refractivity contribution in [3.63, 3.8) is 0 Å². The van der Waals surface area contributed by atoms with Crippen molar-refractivity contribution in [1.82, 2.24) is 9.97 Å². The summed E-state index contributed by atoms with van der Waals surface area (Å²) in [6.45, 7) is 0. The summed E-state index contributed by atoms with van der Waals surface area (Å²) in [5, 5.41) is 2.78. The highest BCUT2D eigenvalue weighted by Gasteiger charge is 2.10. The molecule has 1 aromatic carbocycles. The van der Waals surface area contributed by atoms with Gasteiger partial charge in [0.1, 0.15) is 16.9 Å². The molecule has 0 atom stereocenters. The number of ether oxygens (including phenoxy) is 2. The fourth-order valence-electron chi connectivity index (χ4n) is 1.76. The number of hydrogen-bond acceptors (Lipinski definition) is 6. The summed E-state index contributed by atoms with van der Waals surface area (Å²) < 4.78 is 10.4. The van der Waals surface area contributed by atoms with Gasteiger partial charge in [0.25, 0.3) is 0 Å². The van der Waals surface area contributed by atoms with Crippen LogP contribution in [-0.2, 0) is 4.74 Å². The van der Waals surface area contributed by atoms with Crippen LogP contribution < -0.4 is 4.74 Å². The average Bonchev–Trinajstić information content (AvgIpc) is 2.96. The van der Waals surface area contributed by atoms with E-state index in [0.29, 0.717) is 17.2 Å². The Morgan fingerprint density at radius 3 is 3.00 bits per heavy atom. The second-order valence-corrected chi connectivity index (χ2v) is 4.83. The van der Waals surface area contributed by atoms with Crippen LogP contribution in [0.3, 0.4) is 0 Å². The molecule has 0 saturated heterocycles. The van der Waals surface area contributed by atoms with E-state index in [1.807, 2.05) is 11.4 Å². The Kier molecular flexibility index (Phi) is 3.30. The molecule has 2 aromatic heterocycles. The van der Waals surface area contributed by atoms with Crippen molar-refractivity contribution in [3.05, 3.63) is 47.6 Å². The van der Waals surface area contributed by atoms with Crippen molar-refractivity contribution in [2.45, 2.75) is 0 Å². The maximum atomic E-state index is 11.5. The maximum Gasteiger partial charge on any atom is 0.337 e. The van der Waals surface area contributed by atoms with Gasteiger partial charge >= 0.3 is 5.97 Å². The molecule has 3 aromatic rings. The molecular weight excluding hydrogens is 276 g/mol. The minimum Gasteiger partial charge on any atom is -0.465 e. The van der Waals surface area contributed by atoms with Crippen LogP contribution in [0.5, 0.6) is 11.6 Å². The molecular formula is C14H10N2O3S. The standard InChI is InChI=1S/C14H10N2O3S/c1-18-14(17)9-3-2-4-10(7-9)19-12-11-5-6-20-13(11)16-8-15-12/h2-8H,1H3. The molecule has 0 spiro atoms. The summed E-state index contributed by atoms with van der Waals surface area (Å²) in [5.74, 6) is 0.594. The average molecular weight is 286 g/mol. The summed E-state index contributed by atoms with van der Waals surface area (Å²) in [6.07, 6.45) is 1.46. The highest BCUT2D eigenvalue weighted by molar-refractivity contribution is 7.16. The summed E-state index contributed by atoms with van der Waals surface area (Å²) in [5.41, 5.74) is 0.431. The lowest BCUT2D eigenvalue weighted by Gasteiger charge is -2.06. The molecule has 0 radical (unpaired) electrons. The predicted molar refractivity (Wildman–Crippen MR) is 75.3 cm³/mol. The summed E-state index contributed by atoms with van der Waals surface area (Å²) in [7, 11) is 1.34. The lowest BCUT2D eigenvalue weighted by molar-refractivity contribution is 0.0600. The Morgan fingerprint density at radius 1 is 1.25 bits per heavy atom. The molecule has 20 heavy (non-hydrogen) atoms. The van der Waals surface area contributed by atoms with E-state index in [-0.39, 0.29) is 0 Å². The Morgan fingerprint density at radius 2 is 2.15 bits per heavy atom. The van der Waals surface area contributed by atoms with Crippen LogP contribution in [0.4, 0.5) is 0 Å². The zero-order chi connectivity index (χ0) is 13.9. The third-order valence-corrected chi connectivity index (χ3v) is 3.52. The quantitative estimate of drug-likeness (QED) is 0.691. The number of carbonyl (C=O) groups excluding carboxylic acids is 1. The van der Waals surface area contributed by atoms with Gasteiger partial charge in [0.15, 0.2) is 0 Å². The van der Waals surface area contributed by atoms with Gasteiger partial charge in [0.2, 0.25) is 5.88 Å². The van der Waals surface area contributed by atoms with Gasteiger partial charge in [-0.15, -0.1) is 11.3 Å². The van der Waals surface area contributed by atoms with Crippen molar-refractivity contribution in [2.24, 2.45) is 0 Å². The number of hydrogen-bond donors (Lipinski definition) is 0. The van der Waals surface area contributed by atoms with Crippen LogP contribution in [0.25, 0.3) is 10.2 Å². The molecule has 5 nitrogen and oxygen atoms in total. The highest BCUT2D eigenvalue weighted by atomic mass is 32.1. The zero-order valence-corrected chi connectivity index (χ0v) is 11.4. The van der Waals surface area contributed by atoms with Crippen LogP contribution in [0.1, 0.15) is 10.4 Å². The van der Waals surface area contributed by atoms with Gasteiger partial charge in [0, 0.05) is 0 Å². The van der Waals surface area contributed by atoms with E-state index in [4.69, 9.17) is 4.74 Å². The van der Waals surface area contributed by atoms with Crippen LogP contribution >= 0.6 is 11.3 Å². The second kappa shape index (κ2) is 5.26. The van der Waals surface area contributed by atoms with E-state index in [0.717, 1.165) is 10.2 Å². The number of rotatable bonds is 3. The lowest BCUT2D eigenvalue weighted by atomic mass is 10.2. The Balaban J connectivity index is 1.95. The molecule has 0 bridgehead atoms. The number of esters is 1. The highest BCUT2D eigenvalue weighted by Crippen LogP contribution is 2.29. The Bertz CT molecular complexity index is 770. The first-order chi connectivity index (χ1) is 9.78. The first-order valence-electron chi connectivity index (χ1n) is 5.82. The SMILES string of the molecule is COC(=O)c1cccc(Oc2ncnc3sccc23)c1. The number of nitrogens with zero attached hydrogens (tertiary/aromatic N) is 2. The maximum absolute atomic E-state index is 11.5. The van der Waals surface area contributed by atoms with Gasteiger partial charge in [-0.3, -0.25) is 0 Å². The number of fused-ring (bicyclic) bond motifs is 1. The van der Waals surface area contributed by atoms with E-state index in [2.05, 4.69) is 14.7 Å². The van der Waals surface area contributed by atoms with E-state index in [1.54, 1.807) is 24.3 Å². The van der Waals surface area contributed by atoms with Gasteiger partial charge in [-0.1, -0.05) is 6.07 Å². The van der Waals surface area contributed by atoms with Crippen molar-refractivity contribution in [3.8, 4) is 11.6 Å². The molecule has 0 N–H and O–H groups in total. The Labute approximate surface area is 118 Å². The number of methoxy groups -OCH3 is 1. The molecule has 0 aliphatic rings. The van der Waals surface area contributed by atoms with Gasteiger partial charge in [-0.2, -0.15) is 0 Å².